The number of aliphatic hydroxyl groups is 1. The Kier molecular flexibility index (Phi) is 8.03. The van der Waals surface area contributed by atoms with Crippen LogP contribution in [0, 0.1) is 5.41 Å². The van der Waals surface area contributed by atoms with Gasteiger partial charge in [0.25, 0.3) is 0 Å². The van der Waals surface area contributed by atoms with Gasteiger partial charge in [-0.25, -0.2) is 0 Å². The van der Waals surface area contributed by atoms with E-state index in [-0.39, 0.29) is 6.10 Å². The summed E-state index contributed by atoms with van der Waals surface area (Å²) in [5.74, 6) is 0. The van der Waals surface area contributed by atoms with Gasteiger partial charge in [-0.15, -0.1) is 0 Å². The second-order valence-electron chi connectivity index (χ2n) is 7.00. The van der Waals surface area contributed by atoms with Crippen molar-refractivity contribution in [3.05, 3.63) is 0 Å². The number of nitrogens with one attached hydrogen (secondary N) is 1. The van der Waals surface area contributed by atoms with Crippen molar-refractivity contribution in [2.24, 2.45) is 5.41 Å². The summed E-state index contributed by atoms with van der Waals surface area (Å²) >= 11 is 0. The molecule has 0 aromatic rings. The van der Waals surface area contributed by atoms with Crippen LogP contribution in [-0.4, -0.2) is 49.7 Å². The molecule has 0 amide bonds. The summed E-state index contributed by atoms with van der Waals surface area (Å²) in [6.07, 6.45) is 4.77. The smallest absolute Gasteiger partial charge is 0.0897 e. The maximum Gasteiger partial charge on any atom is 0.0897 e. The summed E-state index contributed by atoms with van der Waals surface area (Å²) in [6.45, 7) is 10.8. The molecule has 20 heavy (non-hydrogen) atoms. The fraction of sp³-hybridized carbons (Fsp3) is 1.00. The molecule has 4 heteroatoms. The van der Waals surface area contributed by atoms with Gasteiger partial charge in [-0.2, -0.15) is 0 Å². The first-order valence-electron chi connectivity index (χ1n) is 8.00. The number of hydrogen-bond acceptors (Lipinski definition) is 4. The van der Waals surface area contributed by atoms with Crippen molar-refractivity contribution < 1.29 is 14.6 Å². The van der Waals surface area contributed by atoms with Crippen molar-refractivity contribution in [1.82, 2.24) is 5.32 Å². The van der Waals surface area contributed by atoms with Crippen LogP contribution in [0.25, 0.3) is 0 Å². The molecular weight excluding hydrogens is 254 g/mol. The second kappa shape index (κ2) is 8.98. The van der Waals surface area contributed by atoms with Crippen LogP contribution < -0.4 is 5.32 Å². The molecule has 0 spiro atoms. The molecule has 4 nitrogen and oxygen atoms in total. The molecule has 1 fully saturated rings. The van der Waals surface area contributed by atoms with E-state index in [4.69, 9.17) is 9.47 Å². The molecule has 0 heterocycles. The third-order valence-corrected chi connectivity index (χ3v) is 3.97. The summed E-state index contributed by atoms with van der Waals surface area (Å²) in [7, 11) is 0. The standard InChI is InChI=1S/C16H33NO3/c1-13(2)20-10-9-19-12-15(18)11-17-14-5-7-16(3,4)8-6-14/h13-15,17-18H,5-12H2,1-4H3. The van der Waals surface area contributed by atoms with Crippen LogP contribution in [0.2, 0.25) is 0 Å². The lowest BCUT2D eigenvalue weighted by Crippen LogP contribution is -2.40. The Morgan fingerprint density at radius 2 is 1.85 bits per heavy atom. The molecule has 1 unspecified atom stereocenters. The lowest BCUT2D eigenvalue weighted by Gasteiger charge is -2.35. The Labute approximate surface area is 124 Å². The molecule has 0 saturated heterocycles. The molecule has 1 aliphatic carbocycles. The van der Waals surface area contributed by atoms with Crippen molar-refractivity contribution in [1.29, 1.82) is 0 Å². The normalized spacial score (nSPS) is 21.3. The second-order valence-corrected chi connectivity index (χ2v) is 7.00. The summed E-state index contributed by atoms with van der Waals surface area (Å²) in [4.78, 5) is 0. The van der Waals surface area contributed by atoms with E-state index in [1.807, 2.05) is 13.8 Å². The molecule has 0 aliphatic heterocycles. The highest BCUT2D eigenvalue weighted by molar-refractivity contribution is 4.82. The van der Waals surface area contributed by atoms with Gasteiger partial charge in [0, 0.05) is 12.6 Å². The van der Waals surface area contributed by atoms with Gasteiger partial charge in [0.2, 0.25) is 0 Å². The van der Waals surface area contributed by atoms with Gasteiger partial charge in [-0.05, 0) is 44.9 Å². The Hall–Kier alpha value is -0.160. The average Bonchev–Trinajstić information content (AvgIpc) is 2.36. The van der Waals surface area contributed by atoms with Crippen LogP contribution in [-0.2, 0) is 9.47 Å². The van der Waals surface area contributed by atoms with Crippen LogP contribution in [0.3, 0.4) is 0 Å². The maximum absolute atomic E-state index is 9.86. The van der Waals surface area contributed by atoms with E-state index in [2.05, 4.69) is 19.2 Å². The minimum absolute atomic E-state index is 0.237. The molecular formula is C16H33NO3. The Morgan fingerprint density at radius 1 is 1.20 bits per heavy atom. The molecule has 2 N–H and O–H groups in total. The average molecular weight is 287 g/mol. The van der Waals surface area contributed by atoms with Gasteiger partial charge in [-0.3, -0.25) is 0 Å². The minimum atomic E-state index is -0.427. The van der Waals surface area contributed by atoms with E-state index < -0.39 is 6.10 Å². The highest BCUT2D eigenvalue weighted by Gasteiger charge is 2.26. The highest BCUT2D eigenvalue weighted by atomic mass is 16.5. The molecule has 120 valence electrons. The largest absolute Gasteiger partial charge is 0.389 e. The summed E-state index contributed by atoms with van der Waals surface area (Å²) in [6, 6.07) is 0.557. The molecule has 0 aromatic carbocycles. The molecule has 0 aromatic heterocycles. The molecule has 1 atom stereocenters. The Balaban J connectivity index is 1.99. The molecule has 0 radical (unpaired) electrons. The molecule has 1 saturated carbocycles. The van der Waals surface area contributed by atoms with Crippen LogP contribution in [0.4, 0.5) is 0 Å². The lowest BCUT2D eigenvalue weighted by atomic mass is 9.75. The first kappa shape index (κ1) is 17.9. The molecule has 1 rings (SSSR count). The van der Waals surface area contributed by atoms with Gasteiger partial charge in [-0.1, -0.05) is 13.8 Å². The quantitative estimate of drug-likeness (QED) is 0.639. The fourth-order valence-corrected chi connectivity index (χ4v) is 2.53. The van der Waals surface area contributed by atoms with Gasteiger partial charge in [0.1, 0.15) is 0 Å². The van der Waals surface area contributed by atoms with Crippen LogP contribution >= 0.6 is 0 Å². The van der Waals surface area contributed by atoms with E-state index in [0.29, 0.717) is 37.8 Å². The van der Waals surface area contributed by atoms with Crippen molar-refractivity contribution in [2.75, 3.05) is 26.4 Å². The zero-order valence-corrected chi connectivity index (χ0v) is 13.7. The monoisotopic (exact) mass is 287 g/mol. The van der Waals surface area contributed by atoms with Crippen LogP contribution in [0.1, 0.15) is 53.4 Å². The Morgan fingerprint density at radius 3 is 2.45 bits per heavy atom. The molecule has 1 aliphatic rings. The zero-order chi connectivity index (χ0) is 15.0. The van der Waals surface area contributed by atoms with Crippen LogP contribution in [0.5, 0.6) is 0 Å². The topological polar surface area (TPSA) is 50.7 Å². The van der Waals surface area contributed by atoms with Crippen molar-refractivity contribution in [3.8, 4) is 0 Å². The predicted octanol–water partition coefficient (Wildman–Crippen LogP) is 2.35. The first-order valence-corrected chi connectivity index (χ1v) is 8.00. The third kappa shape index (κ3) is 8.20. The van der Waals surface area contributed by atoms with Gasteiger partial charge in [0.15, 0.2) is 0 Å². The van der Waals surface area contributed by atoms with E-state index in [9.17, 15) is 5.11 Å². The van der Waals surface area contributed by atoms with Crippen molar-refractivity contribution in [2.45, 2.75) is 71.6 Å². The highest BCUT2D eigenvalue weighted by Crippen LogP contribution is 2.34. The third-order valence-electron chi connectivity index (χ3n) is 3.97. The number of rotatable bonds is 9. The molecule has 0 bridgehead atoms. The van der Waals surface area contributed by atoms with Gasteiger partial charge < -0.3 is 19.9 Å². The van der Waals surface area contributed by atoms with Gasteiger partial charge >= 0.3 is 0 Å². The number of ether oxygens (including phenoxy) is 2. The SMILES string of the molecule is CC(C)OCCOCC(O)CNC1CCC(C)(C)CC1. The van der Waals surface area contributed by atoms with Crippen molar-refractivity contribution >= 4 is 0 Å². The summed E-state index contributed by atoms with van der Waals surface area (Å²) in [5, 5.41) is 13.3. The minimum Gasteiger partial charge on any atom is -0.389 e. The summed E-state index contributed by atoms with van der Waals surface area (Å²) in [5.41, 5.74) is 0.496. The van der Waals surface area contributed by atoms with Crippen molar-refractivity contribution in [3.63, 3.8) is 0 Å². The number of hydrogen-bond donors (Lipinski definition) is 2. The predicted molar refractivity (Wildman–Crippen MR) is 82.0 cm³/mol. The van der Waals surface area contributed by atoms with E-state index in [1.54, 1.807) is 0 Å². The van der Waals surface area contributed by atoms with E-state index in [0.717, 1.165) is 0 Å². The number of aliphatic hydroxyl groups excluding tert-OH is 1. The zero-order valence-electron chi connectivity index (χ0n) is 13.7. The fourth-order valence-electron chi connectivity index (χ4n) is 2.53. The summed E-state index contributed by atoms with van der Waals surface area (Å²) < 4.78 is 10.8. The Bertz CT molecular complexity index is 246. The van der Waals surface area contributed by atoms with E-state index in [1.165, 1.54) is 25.7 Å². The maximum atomic E-state index is 9.86. The van der Waals surface area contributed by atoms with Gasteiger partial charge in [0.05, 0.1) is 32.0 Å². The first-order chi connectivity index (χ1) is 9.39. The van der Waals surface area contributed by atoms with E-state index >= 15 is 0 Å². The van der Waals surface area contributed by atoms with Crippen LogP contribution in [0.15, 0.2) is 0 Å². The lowest BCUT2D eigenvalue weighted by molar-refractivity contribution is -0.0109.